The fourth-order valence-corrected chi connectivity index (χ4v) is 3.78. The van der Waals surface area contributed by atoms with Gasteiger partial charge in [-0.1, -0.05) is 0 Å². The van der Waals surface area contributed by atoms with Crippen molar-refractivity contribution >= 4 is 0 Å². The van der Waals surface area contributed by atoms with Crippen LogP contribution in [0, 0.1) is 12.8 Å². The summed E-state index contributed by atoms with van der Waals surface area (Å²) in [5.41, 5.74) is 0. The fraction of sp³-hybridized carbons (Fsp3) is 0.750. The van der Waals surface area contributed by atoms with Gasteiger partial charge in [0.2, 0.25) is 0 Å². The zero-order valence-corrected chi connectivity index (χ0v) is 12.7. The Morgan fingerprint density at radius 3 is 2.95 bits per heavy atom. The van der Waals surface area contributed by atoms with Gasteiger partial charge in [-0.15, -0.1) is 0 Å². The van der Waals surface area contributed by atoms with Crippen LogP contribution in [-0.2, 0) is 11.3 Å². The van der Waals surface area contributed by atoms with E-state index in [0.29, 0.717) is 0 Å². The van der Waals surface area contributed by atoms with Crippen molar-refractivity contribution in [3.05, 3.63) is 23.7 Å². The molecule has 2 saturated heterocycles. The number of furan rings is 1. The molecule has 0 N–H and O–H groups in total. The van der Waals surface area contributed by atoms with Crippen molar-refractivity contribution in [1.29, 1.82) is 0 Å². The van der Waals surface area contributed by atoms with Crippen LogP contribution in [-0.4, -0.2) is 55.7 Å². The van der Waals surface area contributed by atoms with E-state index in [4.69, 9.17) is 9.15 Å². The molecule has 20 heavy (non-hydrogen) atoms. The Morgan fingerprint density at radius 1 is 1.30 bits per heavy atom. The predicted octanol–water partition coefficient (Wildman–Crippen LogP) is 2.13. The van der Waals surface area contributed by atoms with Crippen LogP contribution in [0.15, 0.2) is 16.5 Å². The van der Waals surface area contributed by atoms with Crippen LogP contribution in [0.5, 0.6) is 0 Å². The summed E-state index contributed by atoms with van der Waals surface area (Å²) in [6.07, 6.45) is 2.62. The molecular formula is C16H26N2O2. The number of ether oxygens (including phenoxy) is 1. The summed E-state index contributed by atoms with van der Waals surface area (Å²) in [5, 5.41) is 0. The lowest BCUT2D eigenvalue weighted by Crippen LogP contribution is -2.46. The highest BCUT2D eigenvalue weighted by atomic mass is 16.5. The van der Waals surface area contributed by atoms with E-state index in [2.05, 4.69) is 21.9 Å². The van der Waals surface area contributed by atoms with Gasteiger partial charge in [-0.2, -0.15) is 0 Å². The largest absolute Gasteiger partial charge is 0.465 e. The molecular weight excluding hydrogens is 252 g/mol. The minimum atomic E-state index is 0.778. The number of fused-ring (bicyclic) bond motifs is 1. The Bertz CT molecular complexity index is 432. The highest BCUT2D eigenvalue weighted by molar-refractivity contribution is 5.06. The lowest BCUT2D eigenvalue weighted by Gasteiger charge is -2.37. The number of hydrogen-bond acceptors (Lipinski definition) is 4. The SMILES string of the molecule is COCCN1CC[C@H]2CN(Cc3ccc(C)o3)CC[C@H]21. The highest BCUT2D eigenvalue weighted by Crippen LogP contribution is 2.31. The average molecular weight is 278 g/mol. The first-order valence-electron chi connectivity index (χ1n) is 7.77. The summed E-state index contributed by atoms with van der Waals surface area (Å²) in [6.45, 7) is 8.58. The maximum Gasteiger partial charge on any atom is 0.118 e. The molecule has 0 unspecified atom stereocenters. The summed E-state index contributed by atoms with van der Waals surface area (Å²) in [5.74, 6) is 2.95. The van der Waals surface area contributed by atoms with Gasteiger partial charge in [0.05, 0.1) is 13.2 Å². The summed E-state index contributed by atoms with van der Waals surface area (Å²) >= 11 is 0. The van der Waals surface area contributed by atoms with E-state index in [-0.39, 0.29) is 0 Å². The van der Waals surface area contributed by atoms with Crippen molar-refractivity contribution in [2.24, 2.45) is 5.92 Å². The van der Waals surface area contributed by atoms with E-state index in [1.807, 2.05) is 6.92 Å². The predicted molar refractivity (Wildman–Crippen MR) is 78.7 cm³/mol. The van der Waals surface area contributed by atoms with E-state index in [1.54, 1.807) is 7.11 Å². The maximum atomic E-state index is 5.70. The smallest absolute Gasteiger partial charge is 0.118 e. The number of likely N-dealkylation sites (tertiary alicyclic amines) is 2. The molecule has 3 heterocycles. The molecule has 0 spiro atoms. The number of methoxy groups -OCH3 is 1. The van der Waals surface area contributed by atoms with Crippen molar-refractivity contribution in [3.8, 4) is 0 Å². The lowest BCUT2D eigenvalue weighted by molar-refractivity contribution is 0.0825. The van der Waals surface area contributed by atoms with Crippen LogP contribution in [0.25, 0.3) is 0 Å². The van der Waals surface area contributed by atoms with Crippen molar-refractivity contribution in [3.63, 3.8) is 0 Å². The molecule has 2 fully saturated rings. The standard InChI is InChI=1S/C16H26N2O2/c1-13-3-4-15(20-13)12-17-7-6-16-14(11-17)5-8-18(16)9-10-19-2/h3-4,14,16H,5-12H2,1-2H3/t14-,16+/m0/s1. The molecule has 2 aliphatic rings. The van der Waals surface area contributed by atoms with Gasteiger partial charge in [0, 0.05) is 32.8 Å². The van der Waals surface area contributed by atoms with Crippen LogP contribution in [0.4, 0.5) is 0 Å². The van der Waals surface area contributed by atoms with E-state index in [0.717, 1.165) is 43.2 Å². The average Bonchev–Trinajstić information content (AvgIpc) is 3.03. The second-order valence-corrected chi connectivity index (χ2v) is 6.18. The summed E-state index contributed by atoms with van der Waals surface area (Å²) in [7, 11) is 1.79. The van der Waals surface area contributed by atoms with E-state index in [9.17, 15) is 0 Å². The maximum absolute atomic E-state index is 5.70. The number of aryl methyl sites for hydroxylation is 1. The number of piperidine rings is 1. The van der Waals surface area contributed by atoms with Gasteiger partial charge in [0.1, 0.15) is 11.5 Å². The van der Waals surface area contributed by atoms with Crippen molar-refractivity contribution in [2.45, 2.75) is 32.4 Å². The Hall–Kier alpha value is -0.840. The van der Waals surface area contributed by atoms with Crippen LogP contribution >= 0.6 is 0 Å². The Kier molecular flexibility index (Phi) is 4.44. The zero-order chi connectivity index (χ0) is 13.9. The minimum Gasteiger partial charge on any atom is -0.465 e. The topological polar surface area (TPSA) is 28.9 Å². The molecule has 1 aromatic rings. The molecule has 4 heteroatoms. The monoisotopic (exact) mass is 278 g/mol. The quantitative estimate of drug-likeness (QED) is 0.825. The Morgan fingerprint density at radius 2 is 2.20 bits per heavy atom. The molecule has 0 bridgehead atoms. The van der Waals surface area contributed by atoms with Gasteiger partial charge in [-0.05, 0) is 44.4 Å². The van der Waals surface area contributed by atoms with E-state index in [1.165, 1.54) is 32.5 Å². The number of nitrogens with zero attached hydrogens (tertiary/aromatic N) is 2. The van der Waals surface area contributed by atoms with Crippen molar-refractivity contribution in [2.75, 3.05) is 39.9 Å². The minimum absolute atomic E-state index is 0.778. The summed E-state index contributed by atoms with van der Waals surface area (Å²) < 4.78 is 10.9. The molecule has 0 amide bonds. The van der Waals surface area contributed by atoms with Gasteiger partial charge < -0.3 is 9.15 Å². The lowest BCUT2D eigenvalue weighted by atomic mass is 9.93. The van der Waals surface area contributed by atoms with Crippen molar-refractivity contribution in [1.82, 2.24) is 9.80 Å². The second-order valence-electron chi connectivity index (χ2n) is 6.18. The Labute approximate surface area is 121 Å². The fourth-order valence-electron chi connectivity index (χ4n) is 3.78. The molecule has 0 aliphatic carbocycles. The molecule has 112 valence electrons. The highest BCUT2D eigenvalue weighted by Gasteiger charge is 2.37. The molecule has 0 radical (unpaired) electrons. The van der Waals surface area contributed by atoms with Gasteiger partial charge in [-0.25, -0.2) is 0 Å². The normalized spacial score (nSPS) is 27.9. The van der Waals surface area contributed by atoms with Gasteiger partial charge in [0.25, 0.3) is 0 Å². The third-order valence-electron chi connectivity index (χ3n) is 4.79. The first kappa shape index (κ1) is 14.1. The molecule has 4 nitrogen and oxygen atoms in total. The van der Waals surface area contributed by atoms with Crippen molar-refractivity contribution < 1.29 is 9.15 Å². The van der Waals surface area contributed by atoms with Crippen LogP contribution < -0.4 is 0 Å². The van der Waals surface area contributed by atoms with Crippen LogP contribution in [0.1, 0.15) is 24.4 Å². The van der Waals surface area contributed by atoms with Gasteiger partial charge in [0.15, 0.2) is 0 Å². The first-order chi connectivity index (χ1) is 9.76. The van der Waals surface area contributed by atoms with Gasteiger partial charge >= 0.3 is 0 Å². The third-order valence-corrected chi connectivity index (χ3v) is 4.79. The Balaban J connectivity index is 1.52. The van der Waals surface area contributed by atoms with E-state index >= 15 is 0 Å². The molecule has 0 aromatic carbocycles. The van der Waals surface area contributed by atoms with Crippen LogP contribution in [0.2, 0.25) is 0 Å². The summed E-state index contributed by atoms with van der Waals surface area (Å²) in [6, 6.07) is 4.95. The summed E-state index contributed by atoms with van der Waals surface area (Å²) in [4.78, 5) is 5.18. The zero-order valence-electron chi connectivity index (χ0n) is 12.7. The van der Waals surface area contributed by atoms with Crippen LogP contribution in [0.3, 0.4) is 0 Å². The van der Waals surface area contributed by atoms with Gasteiger partial charge in [-0.3, -0.25) is 9.80 Å². The molecule has 0 saturated carbocycles. The molecule has 3 rings (SSSR count). The molecule has 2 aliphatic heterocycles. The third kappa shape index (κ3) is 3.08. The number of rotatable bonds is 5. The molecule has 1 aromatic heterocycles. The first-order valence-corrected chi connectivity index (χ1v) is 7.77. The molecule has 2 atom stereocenters. The second kappa shape index (κ2) is 6.29. The number of hydrogen-bond donors (Lipinski definition) is 0. The van der Waals surface area contributed by atoms with E-state index < -0.39 is 0 Å².